The number of nitrogens with one attached hydrogen (secondary N) is 1. The van der Waals surface area contributed by atoms with Crippen LogP contribution >= 0.6 is 0 Å². The molecule has 1 aliphatic rings. The van der Waals surface area contributed by atoms with Gasteiger partial charge in [0, 0.05) is 36.6 Å². The van der Waals surface area contributed by atoms with E-state index in [1.54, 1.807) is 35.2 Å². The fraction of sp³-hybridized carbons (Fsp3) is 0.212. The number of carbonyl (C=O) groups excluding carboxylic acids is 2. The van der Waals surface area contributed by atoms with Gasteiger partial charge < -0.3 is 5.32 Å². The third kappa shape index (κ3) is 5.78. The van der Waals surface area contributed by atoms with Crippen LogP contribution in [0.25, 0.3) is 16.7 Å². The van der Waals surface area contributed by atoms with Gasteiger partial charge in [-0.15, -0.1) is 0 Å². The lowest BCUT2D eigenvalue weighted by atomic mass is 9.89. The second-order valence-corrected chi connectivity index (χ2v) is 10.5. The van der Waals surface area contributed by atoms with Gasteiger partial charge in [-0.1, -0.05) is 36.4 Å². The summed E-state index contributed by atoms with van der Waals surface area (Å²) in [6.07, 6.45) is 5.38. The Hall–Kier alpha value is -4.69. The van der Waals surface area contributed by atoms with Crippen LogP contribution in [0.5, 0.6) is 0 Å². The summed E-state index contributed by atoms with van der Waals surface area (Å²) in [4.78, 5) is 36.2. The fourth-order valence-corrected chi connectivity index (χ4v) is 5.58. The number of amides is 1. The number of nitrogens with zero attached hydrogens (tertiary/aromatic N) is 4. The molecule has 1 saturated heterocycles. The first-order valence-electron chi connectivity index (χ1n) is 13.8. The number of ketones is 1. The average molecular weight is 548 g/mol. The third-order valence-corrected chi connectivity index (χ3v) is 7.63. The minimum Gasteiger partial charge on any atom is -0.326 e. The number of aromatic nitrogens is 3. The summed E-state index contributed by atoms with van der Waals surface area (Å²) in [7, 11) is 0. The van der Waals surface area contributed by atoms with Crippen LogP contribution < -0.4 is 5.32 Å². The zero-order valence-electron chi connectivity index (χ0n) is 22.8. The normalized spacial score (nSPS) is 14.3. The number of benzene rings is 3. The lowest BCUT2D eigenvalue weighted by molar-refractivity contribution is -0.114. The zero-order valence-corrected chi connectivity index (χ0v) is 22.8. The SMILES string of the molecule is CC(=O)Nc1cccc(C2CCN(Cc3ccc(C(=O)c4nc5cnccc5n4-c4ccc(F)cc4)cc3)CC2)c1. The lowest BCUT2D eigenvalue weighted by Gasteiger charge is -2.32. The highest BCUT2D eigenvalue weighted by Crippen LogP contribution is 2.30. The fourth-order valence-electron chi connectivity index (χ4n) is 5.58. The van der Waals surface area contributed by atoms with Crippen molar-refractivity contribution in [2.24, 2.45) is 0 Å². The summed E-state index contributed by atoms with van der Waals surface area (Å²) in [5.74, 6) is 0.115. The van der Waals surface area contributed by atoms with Crippen molar-refractivity contribution < 1.29 is 14.0 Å². The number of halogens is 1. The van der Waals surface area contributed by atoms with Crippen LogP contribution in [0.3, 0.4) is 0 Å². The molecule has 0 spiro atoms. The number of fused-ring (bicyclic) bond motifs is 1. The van der Waals surface area contributed by atoms with E-state index in [9.17, 15) is 14.0 Å². The van der Waals surface area contributed by atoms with Crippen LogP contribution in [-0.2, 0) is 11.3 Å². The number of likely N-dealkylation sites (tertiary alicyclic amines) is 1. The maximum absolute atomic E-state index is 13.6. The van der Waals surface area contributed by atoms with E-state index in [2.05, 4.69) is 32.3 Å². The predicted molar refractivity (Wildman–Crippen MR) is 157 cm³/mol. The molecule has 0 radical (unpaired) electrons. The Morgan fingerprint density at radius 3 is 2.46 bits per heavy atom. The number of rotatable bonds is 7. The molecule has 0 saturated carbocycles. The molecule has 1 N–H and O–H groups in total. The van der Waals surface area contributed by atoms with Gasteiger partial charge in [-0.25, -0.2) is 9.37 Å². The number of anilines is 1. The number of piperidine rings is 1. The first-order valence-corrected chi connectivity index (χ1v) is 13.8. The molecule has 0 aliphatic carbocycles. The maximum atomic E-state index is 13.6. The van der Waals surface area contributed by atoms with Crippen LogP contribution in [-0.4, -0.2) is 44.2 Å². The van der Waals surface area contributed by atoms with Crippen LogP contribution in [0.1, 0.15) is 53.0 Å². The topological polar surface area (TPSA) is 80.1 Å². The van der Waals surface area contributed by atoms with E-state index >= 15 is 0 Å². The molecule has 1 amide bonds. The van der Waals surface area contributed by atoms with Gasteiger partial charge in [0.25, 0.3) is 0 Å². The van der Waals surface area contributed by atoms with E-state index in [1.165, 1.54) is 24.6 Å². The van der Waals surface area contributed by atoms with E-state index in [0.717, 1.165) is 49.2 Å². The summed E-state index contributed by atoms with van der Waals surface area (Å²) in [5.41, 5.74) is 5.78. The van der Waals surface area contributed by atoms with Gasteiger partial charge in [0.05, 0.1) is 11.7 Å². The van der Waals surface area contributed by atoms with Gasteiger partial charge in [-0.2, -0.15) is 0 Å². The van der Waals surface area contributed by atoms with Gasteiger partial charge in [0.15, 0.2) is 5.82 Å². The second kappa shape index (κ2) is 11.4. The summed E-state index contributed by atoms with van der Waals surface area (Å²) >= 11 is 0. The summed E-state index contributed by atoms with van der Waals surface area (Å²) in [6.45, 7) is 4.29. The molecule has 0 atom stereocenters. The van der Waals surface area contributed by atoms with Crippen LogP contribution in [0, 0.1) is 5.82 Å². The van der Waals surface area contributed by atoms with Gasteiger partial charge in [-0.3, -0.25) is 24.0 Å². The molecule has 0 unspecified atom stereocenters. The van der Waals surface area contributed by atoms with Crippen molar-refractivity contribution in [3.8, 4) is 5.69 Å². The Morgan fingerprint density at radius 2 is 1.73 bits per heavy atom. The molecule has 41 heavy (non-hydrogen) atoms. The highest BCUT2D eigenvalue weighted by Gasteiger charge is 2.23. The molecule has 206 valence electrons. The van der Waals surface area contributed by atoms with Crippen molar-refractivity contribution in [1.29, 1.82) is 0 Å². The van der Waals surface area contributed by atoms with E-state index < -0.39 is 0 Å². The molecule has 0 bridgehead atoms. The molecule has 8 heteroatoms. The molecule has 7 nitrogen and oxygen atoms in total. The molecule has 3 heterocycles. The van der Waals surface area contributed by atoms with Crippen molar-refractivity contribution in [1.82, 2.24) is 19.4 Å². The third-order valence-electron chi connectivity index (χ3n) is 7.63. The number of hydrogen-bond donors (Lipinski definition) is 1. The zero-order chi connectivity index (χ0) is 28.3. The van der Waals surface area contributed by atoms with Crippen molar-refractivity contribution in [3.63, 3.8) is 0 Å². The van der Waals surface area contributed by atoms with Crippen molar-refractivity contribution in [2.75, 3.05) is 18.4 Å². The van der Waals surface area contributed by atoms with Gasteiger partial charge in [-0.05, 0) is 85.4 Å². The summed E-state index contributed by atoms with van der Waals surface area (Å²) in [6, 6.07) is 23.7. The Labute approximate surface area is 237 Å². The Kier molecular flexibility index (Phi) is 7.39. The molecule has 3 aromatic carbocycles. The standard InChI is InChI=1S/C33H30FN5O2/c1-22(40)36-28-4-2-3-26(19-28)24-14-17-38(18-15-24)21-23-5-7-25(8-6-23)32(41)33-37-30-20-35-16-13-31(30)39(33)29-11-9-27(34)10-12-29/h2-13,16,19-20,24H,14-15,17-18,21H2,1H3,(H,36,40). The van der Waals surface area contributed by atoms with E-state index in [1.807, 2.05) is 36.4 Å². The Balaban J connectivity index is 1.14. The van der Waals surface area contributed by atoms with E-state index in [4.69, 9.17) is 0 Å². The first kappa shape index (κ1) is 26.5. The monoisotopic (exact) mass is 547 g/mol. The molecule has 2 aromatic heterocycles. The number of hydrogen-bond acceptors (Lipinski definition) is 5. The minimum atomic E-state index is -0.344. The lowest BCUT2D eigenvalue weighted by Crippen LogP contribution is -2.32. The maximum Gasteiger partial charge on any atom is 0.228 e. The van der Waals surface area contributed by atoms with E-state index in [0.29, 0.717) is 22.7 Å². The van der Waals surface area contributed by atoms with Crippen molar-refractivity contribution in [2.45, 2.75) is 32.2 Å². The molecule has 5 aromatic rings. The van der Waals surface area contributed by atoms with Crippen LogP contribution in [0.2, 0.25) is 0 Å². The molecule has 1 fully saturated rings. The van der Waals surface area contributed by atoms with Crippen molar-refractivity contribution in [3.05, 3.63) is 120 Å². The molecule has 1 aliphatic heterocycles. The predicted octanol–water partition coefficient (Wildman–Crippen LogP) is 6.13. The first-order chi connectivity index (χ1) is 19.9. The quantitative estimate of drug-likeness (QED) is 0.248. The smallest absolute Gasteiger partial charge is 0.228 e. The summed E-state index contributed by atoms with van der Waals surface area (Å²) in [5, 5.41) is 2.87. The number of pyridine rings is 1. The Morgan fingerprint density at radius 1 is 0.976 bits per heavy atom. The number of imidazole rings is 1. The van der Waals surface area contributed by atoms with Gasteiger partial charge in [0.1, 0.15) is 11.3 Å². The highest BCUT2D eigenvalue weighted by molar-refractivity contribution is 6.08. The molecule has 6 rings (SSSR count). The highest BCUT2D eigenvalue weighted by atomic mass is 19.1. The molecular formula is C33H30FN5O2. The number of carbonyl (C=O) groups is 2. The second-order valence-electron chi connectivity index (χ2n) is 10.5. The largest absolute Gasteiger partial charge is 0.326 e. The molecular weight excluding hydrogens is 517 g/mol. The van der Waals surface area contributed by atoms with Crippen LogP contribution in [0.4, 0.5) is 10.1 Å². The van der Waals surface area contributed by atoms with Crippen LogP contribution in [0.15, 0.2) is 91.3 Å². The van der Waals surface area contributed by atoms with Crippen molar-refractivity contribution >= 4 is 28.4 Å². The minimum absolute atomic E-state index is 0.0616. The Bertz CT molecular complexity index is 1700. The van der Waals surface area contributed by atoms with Gasteiger partial charge in [0.2, 0.25) is 11.7 Å². The van der Waals surface area contributed by atoms with Gasteiger partial charge >= 0.3 is 0 Å². The van der Waals surface area contributed by atoms with E-state index in [-0.39, 0.29) is 23.3 Å². The average Bonchev–Trinajstić information content (AvgIpc) is 3.37. The summed E-state index contributed by atoms with van der Waals surface area (Å²) < 4.78 is 15.4.